The lowest BCUT2D eigenvalue weighted by Gasteiger charge is -2.25. The smallest absolute Gasteiger partial charge is 0.270 e. The van der Waals surface area contributed by atoms with Gasteiger partial charge in [0.15, 0.2) is 0 Å². The summed E-state index contributed by atoms with van der Waals surface area (Å²) in [6.07, 6.45) is 0. The van der Waals surface area contributed by atoms with Crippen molar-refractivity contribution in [2.24, 2.45) is 0 Å². The minimum Gasteiger partial charge on any atom is -0.312 e. The van der Waals surface area contributed by atoms with Crippen LogP contribution in [0.25, 0.3) is 0 Å². The molecular weight excluding hydrogens is 336 g/mol. The first-order valence-electron chi connectivity index (χ1n) is 5.33. The Bertz CT molecular complexity index is 501. The van der Waals surface area contributed by atoms with Gasteiger partial charge in [-0.15, -0.1) is 0 Å². The van der Waals surface area contributed by atoms with Gasteiger partial charge in [0, 0.05) is 13.1 Å². The first kappa shape index (κ1) is 14.9. The summed E-state index contributed by atoms with van der Waals surface area (Å²) >= 11 is 23.3. The molecule has 0 saturated heterocycles. The van der Waals surface area contributed by atoms with Crippen LogP contribution in [0.1, 0.15) is 24.0 Å². The number of halogens is 4. The van der Waals surface area contributed by atoms with Crippen LogP contribution in [0, 0.1) is 0 Å². The van der Waals surface area contributed by atoms with Gasteiger partial charge >= 0.3 is 0 Å². The molecule has 2 atom stereocenters. The van der Waals surface area contributed by atoms with Gasteiger partial charge in [-0.05, 0) is 23.1 Å². The lowest BCUT2D eigenvalue weighted by atomic mass is 9.92. The standard InChI is InChI=1S/C11H11Cl4NOS/c1-6-4-16-5-8-7(6)2-3-9(10(8)12)18(17)11(13,14)15/h2-3,6,16H,4-5H2,1H3. The molecule has 1 aliphatic rings. The molecule has 2 unspecified atom stereocenters. The maximum absolute atomic E-state index is 12.1. The molecule has 1 aromatic rings. The molecule has 0 bridgehead atoms. The Balaban J connectivity index is 2.50. The van der Waals surface area contributed by atoms with E-state index in [0.717, 1.165) is 17.7 Å². The van der Waals surface area contributed by atoms with Crippen molar-refractivity contribution >= 4 is 57.2 Å². The second-order valence-corrected chi connectivity index (χ2v) is 9.11. The van der Waals surface area contributed by atoms with Gasteiger partial charge in [0.1, 0.15) is 10.8 Å². The van der Waals surface area contributed by atoms with Crippen LogP contribution in [0.5, 0.6) is 0 Å². The first-order valence-corrected chi connectivity index (χ1v) is 7.99. The Kier molecular flexibility index (Phi) is 4.52. The fraction of sp³-hybridized carbons (Fsp3) is 0.455. The van der Waals surface area contributed by atoms with Gasteiger partial charge in [-0.2, -0.15) is 0 Å². The van der Waals surface area contributed by atoms with Crippen molar-refractivity contribution in [1.82, 2.24) is 5.32 Å². The van der Waals surface area contributed by atoms with E-state index in [0.29, 0.717) is 22.4 Å². The average Bonchev–Trinajstić information content (AvgIpc) is 2.29. The minimum absolute atomic E-state index is 0.362. The molecule has 1 aliphatic heterocycles. The fourth-order valence-corrected chi connectivity index (χ4v) is 3.97. The predicted octanol–water partition coefficient (Wildman–Crippen LogP) is 3.98. The number of rotatable bonds is 1. The van der Waals surface area contributed by atoms with Crippen molar-refractivity contribution in [2.45, 2.75) is 27.4 Å². The molecule has 1 N–H and O–H groups in total. The van der Waals surface area contributed by atoms with Crippen LogP contribution in [0.4, 0.5) is 0 Å². The third-order valence-corrected chi connectivity index (χ3v) is 5.90. The van der Waals surface area contributed by atoms with Crippen LogP contribution < -0.4 is 5.32 Å². The largest absolute Gasteiger partial charge is 0.312 e. The zero-order chi connectivity index (χ0) is 13.5. The van der Waals surface area contributed by atoms with E-state index in [-0.39, 0.29) is 0 Å². The Morgan fingerprint density at radius 3 is 2.67 bits per heavy atom. The number of nitrogens with one attached hydrogen (secondary N) is 1. The van der Waals surface area contributed by atoms with Crippen molar-refractivity contribution in [2.75, 3.05) is 6.54 Å². The molecule has 0 fully saturated rings. The summed E-state index contributed by atoms with van der Waals surface area (Å²) in [5.41, 5.74) is 2.10. The van der Waals surface area contributed by atoms with Gasteiger partial charge in [-0.25, -0.2) is 4.21 Å². The quantitative estimate of drug-likeness (QED) is 0.779. The van der Waals surface area contributed by atoms with Gasteiger partial charge in [-0.3, -0.25) is 0 Å². The van der Waals surface area contributed by atoms with E-state index in [1.807, 2.05) is 6.07 Å². The third kappa shape index (κ3) is 2.82. The van der Waals surface area contributed by atoms with E-state index < -0.39 is 13.9 Å². The topological polar surface area (TPSA) is 29.1 Å². The van der Waals surface area contributed by atoms with Gasteiger partial charge in [0.25, 0.3) is 3.12 Å². The molecule has 1 aromatic carbocycles. The van der Waals surface area contributed by atoms with E-state index in [9.17, 15) is 4.21 Å². The Hall–Kier alpha value is 0.490. The fourth-order valence-electron chi connectivity index (χ4n) is 2.05. The normalized spacial score (nSPS) is 21.5. The van der Waals surface area contributed by atoms with Crippen molar-refractivity contribution in [3.8, 4) is 0 Å². The van der Waals surface area contributed by atoms with Gasteiger partial charge < -0.3 is 5.32 Å². The third-order valence-electron chi connectivity index (χ3n) is 2.94. The van der Waals surface area contributed by atoms with Crippen LogP contribution in [0.2, 0.25) is 5.02 Å². The Morgan fingerprint density at radius 2 is 2.06 bits per heavy atom. The average molecular weight is 347 g/mol. The second kappa shape index (κ2) is 5.47. The maximum Gasteiger partial charge on any atom is 0.270 e. The van der Waals surface area contributed by atoms with Gasteiger partial charge in [-0.1, -0.05) is 59.4 Å². The molecule has 2 nitrogen and oxygen atoms in total. The van der Waals surface area contributed by atoms with E-state index >= 15 is 0 Å². The van der Waals surface area contributed by atoms with Gasteiger partial charge in [0.05, 0.1) is 9.92 Å². The van der Waals surface area contributed by atoms with Crippen molar-refractivity contribution in [3.63, 3.8) is 0 Å². The molecule has 7 heteroatoms. The zero-order valence-corrected chi connectivity index (χ0v) is 13.3. The zero-order valence-electron chi connectivity index (χ0n) is 9.47. The van der Waals surface area contributed by atoms with Crippen LogP contribution in [0.15, 0.2) is 17.0 Å². The monoisotopic (exact) mass is 345 g/mol. The molecule has 2 rings (SSSR count). The van der Waals surface area contributed by atoms with E-state index in [1.54, 1.807) is 6.07 Å². The number of hydrogen-bond donors (Lipinski definition) is 1. The first-order chi connectivity index (χ1) is 8.32. The molecule has 0 radical (unpaired) electrons. The molecule has 18 heavy (non-hydrogen) atoms. The summed E-state index contributed by atoms with van der Waals surface area (Å²) in [6, 6.07) is 3.59. The lowest BCUT2D eigenvalue weighted by Crippen LogP contribution is -2.27. The highest BCUT2D eigenvalue weighted by molar-refractivity contribution is 7.91. The summed E-state index contributed by atoms with van der Waals surface area (Å²) in [4.78, 5) is 0.367. The van der Waals surface area contributed by atoms with Crippen LogP contribution in [-0.2, 0) is 17.3 Å². The van der Waals surface area contributed by atoms with Crippen molar-refractivity contribution < 1.29 is 4.21 Å². The maximum atomic E-state index is 12.1. The summed E-state index contributed by atoms with van der Waals surface area (Å²) in [5, 5.41) is 3.68. The SMILES string of the molecule is CC1CNCc2c1ccc(S(=O)C(Cl)(Cl)Cl)c2Cl. The molecule has 0 spiro atoms. The van der Waals surface area contributed by atoms with E-state index in [1.165, 1.54) is 0 Å². The molecule has 1 heterocycles. The minimum atomic E-state index is -1.87. The lowest BCUT2D eigenvalue weighted by molar-refractivity contribution is 0.570. The molecule has 0 aliphatic carbocycles. The van der Waals surface area contributed by atoms with Crippen LogP contribution in [0.3, 0.4) is 0 Å². The van der Waals surface area contributed by atoms with Gasteiger partial charge in [0.2, 0.25) is 0 Å². The number of alkyl halides is 3. The predicted molar refractivity (Wildman–Crippen MR) is 78.3 cm³/mol. The molecular formula is C11H11Cl4NOS. The molecule has 100 valence electrons. The number of fused-ring (bicyclic) bond motifs is 1. The highest BCUT2D eigenvalue weighted by atomic mass is 35.6. The van der Waals surface area contributed by atoms with E-state index in [2.05, 4.69) is 12.2 Å². The Morgan fingerprint density at radius 1 is 1.39 bits per heavy atom. The summed E-state index contributed by atoms with van der Waals surface area (Å²) < 4.78 is 10.2. The summed E-state index contributed by atoms with van der Waals surface area (Å²) in [6.45, 7) is 3.65. The second-order valence-electron chi connectivity index (χ2n) is 4.19. The van der Waals surface area contributed by atoms with Crippen molar-refractivity contribution in [3.05, 3.63) is 28.3 Å². The summed E-state index contributed by atoms with van der Waals surface area (Å²) in [7, 11) is -1.78. The van der Waals surface area contributed by atoms with Crippen LogP contribution in [-0.4, -0.2) is 13.9 Å². The number of hydrogen-bond acceptors (Lipinski definition) is 2. The molecule has 0 saturated carbocycles. The highest BCUT2D eigenvalue weighted by Gasteiger charge is 2.33. The van der Waals surface area contributed by atoms with E-state index in [4.69, 9.17) is 46.4 Å². The van der Waals surface area contributed by atoms with Crippen LogP contribution >= 0.6 is 46.4 Å². The highest BCUT2D eigenvalue weighted by Crippen LogP contribution is 2.40. The van der Waals surface area contributed by atoms with Crippen molar-refractivity contribution in [1.29, 1.82) is 0 Å². The Labute approximate surface area is 128 Å². The molecule has 0 amide bonds. The number of benzene rings is 1. The molecule has 0 aromatic heterocycles. The summed E-state index contributed by atoms with van der Waals surface area (Å²) in [5.74, 6) is 0.362.